The van der Waals surface area contributed by atoms with Crippen LogP contribution in [0.3, 0.4) is 0 Å². The van der Waals surface area contributed by atoms with Crippen LogP contribution in [0.1, 0.15) is 45.8 Å². The zero-order chi connectivity index (χ0) is 22.0. The van der Waals surface area contributed by atoms with Crippen molar-refractivity contribution in [1.82, 2.24) is 15.6 Å². The molecule has 174 valence electrons. The van der Waals surface area contributed by atoms with Gasteiger partial charge in [-0.25, -0.2) is 9.98 Å². The molecule has 0 aliphatic carbocycles. The zero-order valence-corrected chi connectivity index (χ0v) is 21.6. The van der Waals surface area contributed by atoms with E-state index >= 15 is 0 Å². The summed E-state index contributed by atoms with van der Waals surface area (Å²) < 4.78 is 22.1. The normalized spacial score (nSPS) is 11.5. The van der Waals surface area contributed by atoms with Crippen LogP contribution in [-0.4, -0.2) is 44.9 Å². The molecule has 31 heavy (non-hydrogen) atoms. The Bertz CT molecular complexity index is 796. The van der Waals surface area contributed by atoms with Crippen LogP contribution in [0.4, 0.5) is 0 Å². The van der Waals surface area contributed by atoms with E-state index in [0.717, 1.165) is 24.7 Å². The Morgan fingerprint density at radius 3 is 2.26 bits per heavy atom. The van der Waals surface area contributed by atoms with Crippen molar-refractivity contribution in [3.63, 3.8) is 0 Å². The molecule has 0 saturated carbocycles. The van der Waals surface area contributed by atoms with Gasteiger partial charge in [-0.15, -0.1) is 24.0 Å². The van der Waals surface area contributed by atoms with Crippen molar-refractivity contribution in [2.24, 2.45) is 4.99 Å². The van der Waals surface area contributed by atoms with Crippen molar-refractivity contribution in [1.29, 1.82) is 0 Å². The molecule has 1 aromatic heterocycles. The SMILES string of the molecule is CCNC(=NCc1ncc(C(C)(C)C)o1)NCCCOc1cc(OC)cc(OC)c1.I. The molecule has 0 aliphatic heterocycles. The van der Waals surface area contributed by atoms with Gasteiger partial charge in [-0.3, -0.25) is 0 Å². The van der Waals surface area contributed by atoms with Crippen LogP contribution in [0.5, 0.6) is 17.2 Å². The number of ether oxygens (including phenoxy) is 3. The Balaban J connectivity index is 0.00000480. The van der Waals surface area contributed by atoms with Gasteiger partial charge in [-0.05, 0) is 13.3 Å². The van der Waals surface area contributed by atoms with Crippen LogP contribution < -0.4 is 24.8 Å². The van der Waals surface area contributed by atoms with Crippen molar-refractivity contribution in [2.75, 3.05) is 33.9 Å². The third kappa shape index (κ3) is 9.24. The number of nitrogens with one attached hydrogen (secondary N) is 2. The average molecular weight is 546 g/mol. The van der Waals surface area contributed by atoms with Gasteiger partial charge in [0.2, 0.25) is 5.89 Å². The molecule has 9 heteroatoms. The number of methoxy groups -OCH3 is 2. The van der Waals surface area contributed by atoms with E-state index in [9.17, 15) is 0 Å². The second-order valence-electron chi connectivity index (χ2n) is 7.74. The van der Waals surface area contributed by atoms with Crippen molar-refractivity contribution in [3.8, 4) is 17.2 Å². The van der Waals surface area contributed by atoms with Crippen molar-refractivity contribution >= 4 is 29.9 Å². The molecule has 0 fully saturated rings. The number of hydrogen-bond donors (Lipinski definition) is 2. The Kier molecular flexibility index (Phi) is 11.5. The third-order valence-electron chi connectivity index (χ3n) is 4.22. The van der Waals surface area contributed by atoms with E-state index in [1.54, 1.807) is 20.4 Å². The van der Waals surface area contributed by atoms with Gasteiger partial charge in [0.25, 0.3) is 0 Å². The van der Waals surface area contributed by atoms with Gasteiger partial charge in [0.15, 0.2) is 5.96 Å². The fourth-order valence-electron chi connectivity index (χ4n) is 2.55. The van der Waals surface area contributed by atoms with Crippen LogP contribution in [0, 0.1) is 0 Å². The van der Waals surface area contributed by atoms with Gasteiger partial charge in [0.1, 0.15) is 29.6 Å². The maximum absolute atomic E-state index is 5.81. The summed E-state index contributed by atoms with van der Waals surface area (Å²) in [5.74, 6) is 4.29. The summed E-state index contributed by atoms with van der Waals surface area (Å²) in [7, 11) is 3.23. The van der Waals surface area contributed by atoms with Gasteiger partial charge < -0.3 is 29.3 Å². The topological polar surface area (TPSA) is 90.1 Å². The lowest BCUT2D eigenvalue weighted by atomic mass is 9.94. The van der Waals surface area contributed by atoms with E-state index in [-0.39, 0.29) is 29.4 Å². The Labute approximate surface area is 202 Å². The molecule has 1 heterocycles. The van der Waals surface area contributed by atoms with Gasteiger partial charge in [0, 0.05) is 36.7 Å². The summed E-state index contributed by atoms with van der Waals surface area (Å²) >= 11 is 0. The second-order valence-corrected chi connectivity index (χ2v) is 7.74. The molecular weight excluding hydrogens is 511 g/mol. The number of oxazole rings is 1. The molecule has 0 unspecified atom stereocenters. The highest BCUT2D eigenvalue weighted by atomic mass is 127. The van der Waals surface area contributed by atoms with Crippen molar-refractivity contribution < 1.29 is 18.6 Å². The molecule has 0 atom stereocenters. The summed E-state index contributed by atoms with van der Waals surface area (Å²) in [4.78, 5) is 8.86. The summed E-state index contributed by atoms with van der Waals surface area (Å²) in [6.07, 6.45) is 2.58. The molecule has 0 radical (unpaired) electrons. The van der Waals surface area contributed by atoms with E-state index in [1.807, 2.05) is 25.1 Å². The number of nitrogens with zero attached hydrogens (tertiary/aromatic N) is 2. The van der Waals surface area contributed by atoms with Gasteiger partial charge in [-0.2, -0.15) is 0 Å². The van der Waals surface area contributed by atoms with E-state index in [1.165, 1.54) is 0 Å². The fourth-order valence-corrected chi connectivity index (χ4v) is 2.55. The van der Waals surface area contributed by atoms with Gasteiger partial charge in [-0.1, -0.05) is 20.8 Å². The number of guanidine groups is 1. The Morgan fingerprint density at radius 1 is 1.06 bits per heavy atom. The van der Waals surface area contributed by atoms with E-state index in [0.29, 0.717) is 42.8 Å². The smallest absolute Gasteiger partial charge is 0.216 e. The summed E-state index contributed by atoms with van der Waals surface area (Å²) in [6, 6.07) is 5.49. The molecular formula is C22H35IN4O4. The Morgan fingerprint density at radius 2 is 1.71 bits per heavy atom. The standard InChI is InChI=1S/C22H34N4O4.HI/c1-7-23-21(26-15-20-25-14-19(30-20)22(2,3)4)24-9-8-10-29-18-12-16(27-5)11-17(13-18)28-6;/h11-14H,7-10,15H2,1-6H3,(H2,23,24,26);1H. The molecule has 1 aromatic carbocycles. The van der Waals surface area contributed by atoms with Crippen LogP contribution in [0.15, 0.2) is 33.8 Å². The number of aliphatic imine (C=N–C) groups is 1. The van der Waals surface area contributed by atoms with Crippen LogP contribution in [0.2, 0.25) is 0 Å². The number of aromatic nitrogens is 1. The molecule has 0 saturated heterocycles. The maximum Gasteiger partial charge on any atom is 0.216 e. The number of benzene rings is 1. The highest BCUT2D eigenvalue weighted by Gasteiger charge is 2.19. The lowest BCUT2D eigenvalue weighted by Gasteiger charge is -2.13. The third-order valence-corrected chi connectivity index (χ3v) is 4.22. The van der Waals surface area contributed by atoms with Crippen LogP contribution in [0.25, 0.3) is 0 Å². The largest absolute Gasteiger partial charge is 0.496 e. The highest BCUT2D eigenvalue weighted by molar-refractivity contribution is 14.0. The minimum atomic E-state index is -0.0650. The first kappa shape index (κ1) is 26.9. The molecule has 0 bridgehead atoms. The minimum absolute atomic E-state index is 0. The lowest BCUT2D eigenvalue weighted by Crippen LogP contribution is -2.38. The fraction of sp³-hybridized carbons (Fsp3) is 0.545. The first-order valence-electron chi connectivity index (χ1n) is 10.2. The first-order chi connectivity index (χ1) is 14.4. The molecule has 2 aromatic rings. The molecule has 8 nitrogen and oxygen atoms in total. The quantitative estimate of drug-likeness (QED) is 0.201. The first-order valence-corrected chi connectivity index (χ1v) is 10.2. The molecule has 0 aliphatic rings. The average Bonchev–Trinajstić information content (AvgIpc) is 3.21. The van der Waals surface area contributed by atoms with Crippen molar-refractivity contribution in [3.05, 3.63) is 36.0 Å². The molecule has 2 N–H and O–H groups in total. The molecule has 0 spiro atoms. The number of rotatable bonds is 10. The predicted molar refractivity (Wildman–Crippen MR) is 133 cm³/mol. The van der Waals surface area contributed by atoms with E-state index in [4.69, 9.17) is 18.6 Å². The summed E-state index contributed by atoms with van der Waals surface area (Å²) in [5.41, 5.74) is -0.0650. The van der Waals surface area contributed by atoms with Gasteiger partial charge >= 0.3 is 0 Å². The Hall–Kier alpha value is -2.17. The van der Waals surface area contributed by atoms with Crippen LogP contribution in [-0.2, 0) is 12.0 Å². The highest BCUT2D eigenvalue weighted by Crippen LogP contribution is 2.27. The summed E-state index contributed by atoms with van der Waals surface area (Å²) in [6.45, 7) is 10.7. The lowest BCUT2D eigenvalue weighted by molar-refractivity contribution is 0.305. The summed E-state index contributed by atoms with van der Waals surface area (Å²) in [5, 5.41) is 6.52. The second kappa shape index (κ2) is 13.3. The van der Waals surface area contributed by atoms with E-state index < -0.39 is 0 Å². The van der Waals surface area contributed by atoms with Crippen LogP contribution >= 0.6 is 24.0 Å². The van der Waals surface area contributed by atoms with Crippen molar-refractivity contribution in [2.45, 2.75) is 46.1 Å². The zero-order valence-electron chi connectivity index (χ0n) is 19.3. The minimum Gasteiger partial charge on any atom is -0.496 e. The number of halogens is 1. The molecule has 0 amide bonds. The van der Waals surface area contributed by atoms with Gasteiger partial charge in [0.05, 0.1) is 27.0 Å². The monoisotopic (exact) mass is 546 g/mol. The number of hydrogen-bond acceptors (Lipinski definition) is 6. The predicted octanol–water partition coefficient (Wildman–Crippen LogP) is 4.13. The van der Waals surface area contributed by atoms with E-state index in [2.05, 4.69) is 41.4 Å². The maximum atomic E-state index is 5.81. The molecule has 2 rings (SSSR count).